The molecule has 6 aromatic carbocycles. The van der Waals surface area contributed by atoms with Gasteiger partial charge in [-0.1, -0.05) is 114 Å². The van der Waals surface area contributed by atoms with Gasteiger partial charge in [0.05, 0.1) is 154 Å². The molecule has 3 saturated heterocycles. The lowest BCUT2D eigenvalue weighted by atomic mass is 9.89. The molecule has 0 radical (unpaired) electrons. The van der Waals surface area contributed by atoms with Gasteiger partial charge in [0.1, 0.15) is 29.2 Å². The highest BCUT2D eigenvalue weighted by Crippen LogP contribution is 2.53. The standard InChI is InChI=1S/C36H35ClFN7O3.C36H36ClFN6O3.C36H36ClFN6O2/c1-8-25(46)43-15-24-35(47)42(7)34-33(44(24)14-20(43)6)21-13-22(38)27(26-18(4)9-10-23-30(26)41-16-40-23)28(37)32(21)45(36(34)48)31-19(5)11-12-39-29(31)17(2)3;1-7-26(45)42-16-22-11-13-47-35-34(43(22)15-21(42)6)23-14-24(38)28(27-19(4)8-9-25-31(27)41-17-40-25)29(37)33(23)44(36(35)46)32-20(5)10-12-39-30(32)18(2)3;1-7-27(45)42-16-22-9-10-23-34(43(22)15-21(42)6)24-14-25(38)29(28-19(4)8-11-26-32(28)41-17-40-26)30(37)35(24)44(36(23)46)33-20(5)12-13-39-31(33)18(2)3/h8-13,16-17,20,24H,1,14-15H2,2-7H3,(H,40,41);7-10,12,14,17-18,21-22H,1,11,13,15-16H2,2-6H3,(H,40,41);7-8,11-14,17-18,21-22H,1,9-10,15-16H2,2-6H3,(H,40,41). The predicted molar refractivity (Wildman–Crippen MR) is 552 cm³/mol. The van der Waals surface area contributed by atoms with E-state index in [-0.39, 0.29) is 140 Å². The summed E-state index contributed by atoms with van der Waals surface area (Å²) in [6.07, 6.45) is 15.5. The second kappa shape index (κ2) is 36.8. The number of hydrogen-bond donors (Lipinski definition) is 3. The highest BCUT2D eigenvalue weighted by Gasteiger charge is 2.49. The summed E-state index contributed by atoms with van der Waals surface area (Å²) in [5.74, 6) is -2.55. The van der Waals surface area contributed by atoms with Crippen LogP contribution >= 0.6 is 34.8 Å². The van der Waals surface area contributed by atoms with E-state index in [1.165, 1.54) is 45.9 Å². The number of hydrogen-bond acceptors (Lipinski definition) is 17. The summed E-state index contributed by atoms with van der Waals surface area (Å²) in [5, 5.41) is 1.63. The van der Waals surface area contributed by atoms with Crippen LogP contribution in [0.1, 0.15) is 149 Å². The zero-order chi connectivity index (χ0) is 100. The van der Waals surface area contributed by atoms with E-state index < -0.39 is 34.6 Å². The maximum Gasteiger partial charge on any atom is 0.300 e. The number of benzene rings is 6. The number of imidazole rings is 3. The van der Waals surface area contributed by atoms with Crippen LogP contribution in [0.2, 0.25) is 15.1 Å². The molecule has 3 fully saturated rings. The topological polar surface area (TPSA) is 291 Å². The molecule has 15 heterocycles. The van der Waals surface area contributed by atoms with E-state index in [9.17, 15) is 28.8 Å². The number of H-pyrrole nitrogens is 3. The third kappa shape index (κ3) is 15.4. The highest BCUT2D eigenvalue weighted by atomic mass is 35.5. The van der Waals surface area contributed by atoms with Crippen molar-refractivity contribution in [3.63, 3.8) is 0 Å². The average Bonchev–Trinajstić information content (AvgIpc) is 1.45. The Morgan fingerprint density at radius 3 is 1.18 bits per heavy atom. The fraction of sp³-hybridized carbons (Fsp3) is 0.324. The van der Waals surface area contributed by atoms with Crippen molar-refractivity contribution >= 4 is 147 Å². The molecular formula is C108H107Cl3F3N19O8. The number of fused-ring (bicyclic) bond motifs is 18. The molecule has 6 aliphatic heterocycles. The van der Waals surface area contributed by atoms with Gasteiger partial charge in [0, 0.05) is 144 Å². The molecule has 0 bridgehead atoms. The normalized spacial score (nSPS) is 17.9. The number of nitrogens with one attached hydrogen (secondary N) is 3. The third-order valence-electron chi connectivity index (χ3n) is 29.0. The molecule has 4 amide bonds. The minimum absolute atomic E-state index is 0.00679. The molecule has 27 nitrogen and oxygen atoms in total. The SMILES string of the molecule is C=CC(=O)N1CC2C(=O)N(C)c3c(c4cc(F)c(-c5c(C)ccc6[nH]cnc56)c(Cl)c4n(-c4c(C)ccnc4C(C)C)c3=O)N2CC1C.C=CC(=O)N1CC2CCOc3c(c4cc(F)c(-c5c(C)ccc6[nH]cnc56)c(Cl)c4n(-c4c(C)ccnc4C(C)C)c3=O)N2CC1C.C=CC(=O)N1CC2CCc3c(c4cc(F)c(-c5c(C)ccc6[nH]cnc56)c(Cl)c4n(-c4c(C)ccnc4C(C)C)c3=O)N2CC1C. The van der Waals surface area contributed by atoms with Crippen LogP contribution in [0, 0.1) is 59.0 Å². The quantitative estimate of drug-likeness (QED) is 0.0958. The number of pyridine rings is 6. The molecule has 6 unspecified atom stereocenters. The number of anilines is 4. The molecule has 6 aliphatic rings. The predicted octanol–water partition coefficient (Wildman–Crippen LogP) is 19.9. The molecule has 3 N–H and O–H groups in total. The molecule has 6 atom stereocenters. The van der Waals surface area contributed by atoms with Crippen LogP contribution in [0.3, 0.4) is 0 Å². The van der Waals surface area contributed by atoms with Gasteiger partial charge in [-0.3, -0.25) is 62.2 Å². The Kier molecular flexibility index (Phi) is 24.9. The van der Waals surface area contributed by atoms with Gasteiger partial charge in [-0.15, -0.1) is 0 Å². The lowest BCUT2D eigenvalue weighted by molar-refractivity contribution is -0.131. The number of ether oxygens (including phenoxy) is 1. The summed E-state index contributed by atoms with van der Waals surface area (Å²) in [5.41, 5.74) is 17.0. The molecule has 724 valence electrons. The number of aromatic nitrogens is 12. The molecular weight excluding hydrogens is 1850 g/mol. The first kappa shape index (κ1) is 95.7. The number of piperazine rings is 3. The second-order valence-electron chi connectivity index (χ2n) is 38.7. The third-order valence-corrected chi connectivity index (χ3v) is 30.1. The summed E-state index contributed by atoms with van der Waals surface area (Å²) in [6.45, 7) is 42.7. The minimum atomic E-state index is -0.811. The monoisotopic (exact) mass is 1960 g/mol. The maximum absolute atomic E-state index is 16.9. The zero-order valence-electron chi connectivity index (χ0n) is 81.2. The van der Waals surface area contributed by atoms with Gasteiger partial charge < -0.3 is 54.0 Å². The van der Waals surface area contributed by atoms with Crippen LogP contribution in [-0.4, -0.2) is 186 Å². The van der Waals surface area contributed by atoms with Crippen LogP contribution in [0.5, 0.6) is 5.75 Å². The molecule has 0 saturated carbocycles. The molecule has 9 aromatic heterocycles. The molecule has 21 rings (SSSR count). The van der Waals surface area contributed by atoms with E-state index in [4.69, 9.17) is 49.5 Å². The van der Waals surface area contributed by atoms with Gasteiger partial charge in [-0.25, -0.2) is 28.1 Å². The van der Waals surface area contributed by atoms with Gasteiger partial charge in [0.2, 0.25) is 23.5 Å². The molecule has 141 heavy (non-hydrogen) atoms. The van der Waals surface area contributed by atoms with Gasteiger partial charge in [-0.2, -0.15) is 0 Å². The van der Waals surface area contributed by atoms with Crippen molar-refractivity contribution in [1.82, 2.24) is 73.3 Å². The average molecular weight is 1960 g/mol. The molecule has 0 spiro atoms. The van der Waals surface area contributed by atoms with Crippen LogP contribution < -0.4 is 41.0 Å². The Morgan fingerprint density at radius 2 is 0.780 bits per heavy atom. The van der Waals surface area contributed by atoms with Gasteiger partial charge in [0.25, 0.3) is 22.6 Å². The minimum Gasteiger partial charge on any atom is -0.486 e. The fourth-order valence-electron chi connectivity index (χ4n) is 22.2. The number of carbonyl (C=O) groups is 4. The number of rotatable bonds is 12. The number of carbonyl (C=O) groups excluding carboxylic acids is 4. The lowest BCUT2D eigenvalue weighted by Crippen LogP contribution is -2.66. The van der Waals surface area contributed by atoms with E-state index in [1.807, 2.05) is 168 Å². The Balaban J connectivity index is 0.000000135. The number of amides is 4. The van der Waals surface area contributed by atoms with Crippen molar-refractivity contribution in [2.75, 3.05) is 72.5 Å². The fourth-order valence-corrected chi connectivity index (χ4v) is 23.3. The number of likely N-dealkylation sites (N-methyl/N-ethyl adjacent to an activating group) is 1. The number of aryl methyl sites for hydroxylation is 6. The Bertz CT molecular complexity index is 8070. The van der Waals surface area contributed by atoms with Crippen LogP contribution in [-0.2, 0) is 25.6 Å². The Labute approximate surface area is 826 Å². The van der Waals surface area contributed by atoms with E-state index in [0.29, 0.717) is 168 Å². The smallest absolute Gasteiger partial charge is 0.300 e. The van der Waals surface area contributed by atoms with Gasteiger partial charge in [0.15, 0.2) is 0 Å². The Morgan fingerprint density at radius 1 is 0.426 bits per heavy atom. The van der Waals surface area contributed by atoms with E-state index >= 15 is 18.0 Å². The van der Waals surface area contributed by atoms with Crippen molar-refractivity contribution in [1.29, 1.82) is 0 Å². The van der Waals surface area contributed by atoms with Crippen molar-refractivity contribution in [3.8, 4) is 56.2 Å². The summed E-state index contributed by atoms with van der Waals surface area (Å²) in [6, 6.07) is 19.6. The highest BCUT2D eigenvalue weighted by molar-refractivity contribution is 6.41. The zero-order valence-corrected chi connectivity index (χ0v) is 83.5. The first-order chi connectivity index (χ1) is 67.4. The largest absolute Gasteiger partial charge is 0.486 e. The number of aromatic amines is 3. The first-order valence-corrected chi connectivity index (χ1v) is 48.5. The van der Waals surface area contributed by atoms with Gasteiger partial charge >= 0.3 is 0 Å². The molecule has 15 aromatic rings. The number of nitrogens with zero attached hydrogens (tertiary/aromatic N) is 16. The van der Waals surface area contributed by atoms with Crippen molar-refractivity contribution < 1.29 is 37.1 Å². The van der Waals surface area contributed by atoms with E-state index in [2.05, 4.69) is 64.4 Å². The summed E-state index contributed by atoms with van der Waals surface area (Å²) >= 11 is 22.2. The second-order valence-corrected chi connectivity index (χ2v) is 39.8. The van der Waals surface area contributed by atoms with Crippen LogP contribution in [0.25, 0.3) is 116 Å². The maximum atomic E-state index is 16.9. The van der Waals surface area contributed by atoms with Crippen LogP contribution in [0.4, 0.5) is 35.9 Å². The molecule has 33 heteroatoms. The summed E-state index contributed by atoms with van der Waals surface area (Å²) in [7, 11) is 1.54. The van der Waals surface area contributed by atoms with Crippen LogP contribution in [0.15, 0.2) is 163 Å². The van der Waals surface area contributed by atoms with E-state index in [1.54, 1.807) is 63.6 Å². The first-order valence-electron chi connectivity index (χ1n) is 47.4. The Hall–Kier alpha value is -14.2. The van der Waals surface area contributed by atoms with E-state index in [0.717, 1.165) is 50.1 Å². The summed E-state index contributed by atoms with van der Waals surface area (Å²) < 4.78 is 61.5. The van der Waals surface area contributed by atoms with Crippen molar-refractivity contribution in [3.05, 3.63) is 268 Å². The van der Waals surface area contributed by atoms with Crippen molar-refractivity contribution in [2.45, 2.75) is 177 Å². The summed E-state index contributed by atoms with van der Waals surface area (Å²) in [4.78, 5) is 147. The lowest BCUT2D eigenvalue weighted by Gasteiger charge is -2.50. The van der Waals surface area contributed by atoms with Crippen molar-refractivity contribution in [2.24, 2.45) is 0 Å². The molecule has 0 aliphatic carbocycles. The number of halogens is 6. The van der Waals surface area contributed by atoms with Gasteiger partial charge in [-0.05, 0) is 199 Å².